The first-order valence-electron chi connectivity index (χ1n) is 7.70. The van der Waals surface area contributed by atoms with Crippen LogP contribution in [0.1, 0.15) is 5.56 Å². The van der Waals surface area contributed by atoms with Crippen molar-refractivity contribution in [3.63, 3.8) is 0 Å². The fourth-order valence-electron chi connectivity index (χ4n) is 2.28. The lowest BCUT2D eigenvalue weighted by Crippen LogP contribution is -2.40. The Balaban J connectivity index is 2.62. The van der Waals surface area contributed by atoms with Crippen molar-refractivity contribution in [1.29, 1.82) is 0 Å². The maximum atomic E-state index is 13.2. The first-order chi connectivity index (χ1) is 11.8. The number of ether oxygens (including phenoxy) is 1. The summed E-state index contributed by atoms with van der Waals surface area (Å²) >= 11 is 0. The van der Waals surface area contributed by atoms with E-state index in [1.54, 1.807) is 44.4 Å². The largest absolute Gasteiger partial charge is 0.495 e. The van der Waals surface area contributed by atoms with Crippen LogP contribution in [0.5, 0.6) is 5.75 Å². The zero-order valence-electron chi connectivity index (χ0n) is 14.8. The van der Waals surface area contributed by atoms with E-state index in [1.807, 2.05) is 13.0 Å². The Labute approximate surface area is 148 Å². The van der Waals surface area contributed by atoms with Crippen LogP contribution in [0.25, 0.3) is 0 Å². The van der Waals surface area contributed by atoms with Crippen molar-refractivity contribution in [3.8, 4) is 5.75 Å². The minimum atomic E-state index is -3.93. The third-order valence-corrected chi connectivity index (χ3v) is 5.49. The monoisotopic (exact) mass is 362 g/mol. The van der Waals surface area contributed by atoms with Crippen LogP contribution in [0.4, 0.5) is 5.69 Å². The molecule has 0 aliphatic carbocycles. The Bertz CT molecular complexity index is 849. The van der Waals surface area contributed by atoms with Crippen molar-refractivity contribution < 1.29 is 17.9 Å². The van der Waals surface area contributed by atoms with Gasteiger partial charge in [-0.15, -0.1) is 0 Å². The van der Waals surface area contributed by atoms with E-state index in [2.05, 4.69) is 0 Å². The van der Waals surface area contributed by atoms with Crippen molar-refractivity contribution in [2.45, 2.75) is 11.8 Å². The van der Waals surface area contributed by atoms with E-state index < -0.39 is 10.0 Å². The molecule has 0 aliphatic rings. The van der Waals surface area contributed by atoms with Crippen molar-refractivity contribution >= 4 is 21.6 Å². The Morgan fingerprint density at radius 3 is 2.28 bits per heavy atom. The SMILES string of the molecule is COc1ccc(C)cc1N(CC(=O)N(C)C)S(=O)(=O)c1ccccc1. The molecular formula is C18H22N2O4S. The summed E-state index contributed by atoms with van der Waals surface area (Å²) in [5, 5.41) is 0. The van der Waals surface area contributed by atoms with Crippen LogP contribution in [-0.2, 0) is 14.8 Å². The number of amides is 1. The molecule has 0 aromatic heterocycles. The van der Waals surface area contributed by atoms with Crippen LogP contribution < -0.4 is 9.04 Å². The second kappa shape index (κ2) is 7.57. The molecule has 0 fully saturated rings. The van der Waals surface area contributed by atoms with Crippen molar-refractivity contribution in [2.24, 2.45) is 0 Å². The number of anilines is 1. The lowest BCUT2D eigenvalue weighted by molar-refractivity contribution is -0.127. The highest BCUT2D eigenvalue weighted by molar-refractivity contribution is 7.92. The average Bonchev–Trinajstić information content (AvgIpc) is 2.59. The van der Waals surface area contributed by atoms with Gasteiger partial charge in [0.1, 0.15) is 12.3 Å². The molecule has 0 radical (unpaired) electrons. The molecule has 0 saturated carbocycles. The van der Waals surface area contributed by atoms with E-state index in [0.717, 1.165) is 9.87 Å². The van der Waals surface area contributed by atoms with E-state index in [9.17, 15) is 13.2 Å². The summed E-state index contributed by atoms with van der Waals surface area (Å²) in [4.78, 5) is 13.7. The fourth-order valence-corrected chi connectivity index (χ4v) is 3.72. The normalized spacial score (nSPS) is 11.0. The molecule has 7 heteroatoms. The zero-order chi connectivity index (χ0) is 18.6. The van der Waals surface area contributed by atoms with Gasteiger partial charge in [0.05, 0.1) is 17.7 Å². The van der Waals surface area contributed by atoms with Crippen LogP contribution in [-0.4, -0.2) is 47.0 Å². The van der Waals surface area contributed by atoms with Gasteiger partial charge in [-0.1, -0.05) is 24.3 Å². The molecule has 0 N–H and O–H groups in total. The third kappa shape index (κ3) is 4.11. The third-order valence-electron chi connectivity index (χ3n) is 3.71. The van der Waals surface area contributed by atoms with Gasteiger partial charge in [-0.3, -0.25) is 9.10 Å². The molecule has 2 aromatic rings. The number of methoxy groups -OCH3 is 1. The molecule has 0 saturated heterocycles. The molecule has 1 amide bonds. The van der Waals surface area contributed by atoms with Crippen LogP contribution in [0.15, 0.2) is 53.4 Å². The molecule has 2 aromatic carbocycles. The Morgan fingerprint density at radius 2 is 1.72 bits per heavy atom. The number of hydrogen-bond acceptors (Lipinski definition) is 4. The maximum absolute atomic E-state index is 13.2. The van der Waals surface area contributed by atoms with E-state index in [4.69, 9.17) is 4.74 Å². The highest BCUT2D eigenvalue weighted by Gasteiger charge is 2.29. The number of benzene rings is 2. The zero-order valence-corrected chi connectivity index (χ0v) is 15.6. The molecule has 0 spiro atoms. The molecule has 0 aliphatic heterocycles. The Morgan fingerprint density at radius 1 is 1.08 bits per heavy atom. The molecule has 0 unspecified atom stereocenters. The van der Waals surface area contributed by atoms with Gasteiger partial charge < -0.3 is 9.64 Å². The number of carbonyl (C=O) groups excluding carboxylic acids is 1. The van der Waals surface area contributed by atoms with E-state index in [-0.39, 0.29) is 17.3 Å². The van der Waals surface area contributed by atoms with Crippen LogP contribution in [0.2, 0.25) is 0 Å². The minimum absolute atomic E-state index is 0.116. The second-order valence-corrected chi connectivity index (χ2v) is 7.65. The summed E-state index contributed by atoms with van der Waals surface area (Å²) in [5.74, 6) is 0.0553. The second-order valence-electron chi connectivity index (χ2n) is 5.79. The number of sulfonamides is 1. The van der Waals surface area contributed by atoms with Gasteiger partial charge in [0.25, 0.3) is 10.0 Å². The first-order valence-corrected chi connectivity index (χ1v) is 9.14. The topological polar surface area (TPSA) is 66.9 Å². The molecule has 0 atom stereocenters. The summed E-state index contributed by atoms with van der Waals surface area (Å²) in [6.07, 6.45) is 0. The van der Waals surface area contributed by atoms with Crippen molar-refractivity contribution in [3.05, 3.63) is 54.1 Å². The summed E-state index contributed by atoms with van der Waals surface area (Å²) in [5.41, 5.74) is 1.20. The molecule has 6 nitrogen and oxygen atoms in total. The maximum Gasteiger partial charge on any atom is 0.264 e. The van der Waals surface area contributed by atoms with Gasteiger partial charge >= 0.3 is 0 Å². The van der Waals surface area contributed by atoms with Gasteiger partial charge in [-0.05, 0) is 36.8 Å². The summed E-state index contributed by atoms with van der Waals surface area (Å²) in [6, 6.07) is 13.2. The van der Waals surface area contributed by atoms with Gasteiger partial charge in [-0.25, -0.2) is 8.42 Å². The van der Waals surface area contributed by atoms with Gasteiger partial charge in [0, 0.05) is 14.1 Å². The number of aryl methyl sites for hydroxylation is 1. The van der Waals surface area contributed by atoms with Crippen molar-refractivity contribution in [1.82, 2.24) is 4.90 Å². The first kappa shape index (κ1) is 18.8. The molecular weight excluding hydrogens is 340 g/mol. The number of rotatable bonds is 6. The quantitative estimate of drug-likeness (QED) is 0.791. The molecule has 134 valence electrons. The molecule has 0 heterocycles. The van der Waals surface area contributed by atoms with Crippen LogP contribution >= 0.6 is 0 Å². The molecule has 0 bridgehead atoms. The lowest BCUT2D eigenvalue weighted by Gasteiger charge is -2.27. The lowest BCUT2D eigenvalue weighted by atomic mass is 10.2. The van der Waals surface area contributed by atoms with Gasteiger partial charge in [-0.2, -0.15) is 0 Å². The van der Waals surface area contributed by atoms with E-state index >= 15 is 0 Å². The van der Waals surface area contributed by atoms with E-state index in [1.165, 1.54) is 24.1 Å². The molecule has 2 rings (SSSR count). The average molecular weight is 362 g/mol. The number of hydrogen-bond donors (Lipinski definition) is 0. The number of likely N-dealkylation sites (N-methyl/N-ethyl adjacent to an activating group) is 1. The predicted molar refractivity (Wildman–Crippen MR) is 97.4 cm³/mol. The fraction of sp³-hybridized carbons (Fsp3) is 0.278. The van der Waals surface area contributed by atoms with Crippen LogP contribution in [0.3, 0.4) is 0 Å². The van der Waals surface area contributed by atoms with Crippen LogP contribution in [0, 0.1) is 6.92 Å². The highest BCUT2D eigenvalue weighted by atomic mass is 32.2. The Kier molecular flexibility index (Phi) is 5.69. The minimum Gasteiger partial charge on any atom is -0.495 e. The highest BCUT2D eigenvalue weighted by Crippen LogP contribution is 2.33. The number of carbonyl (C=O) groups is 1. The number of nitrogens with zero attached hydrogens (tertiary/aromatic N) is 2. The smallest absolute Gasteiger partial charge is 0.264 e. The van der Waals surface area contributed by atoms with Crippen molar-refractivity contribution in [2.75, 3.05) is 32.1 Å². The predicted octanol–water partition coefficient (Wildman–Crippen LogP) is 2.29. The summed E-state index contributed by atoms with van der Waals surface area (Å²) in [6.45, 7) is 1.54. The van der Waals surface area contributed by atoms with E-state index in [0.29, 0.717) is 11.4 Å². The van der Waals surface area contributed by atoms with Gasteiger partial charge in [0.2, 0.25) is 5.91 Å². The Hall–Kier alpha value is -2.54. The molecule has 25 heavy (non-hydrogen) atoms. The van der Waals surface area contributed by atoms with Gasteiger partial charge in [0.15, 0.2) is 0 Å². The summed E-state index contributed by atoms with van der Waals surface area (Å²) in [7, 11) is 0.714. The standard InChI is InChI=1S/C18H22N2O4S/c1-14-10-11-17(24-4)16(12-14)20(13-18(21)19(2)3)25(22,23)15-8-6-5-7-9-15/h5-12H,13H2,1-4H3. The summed E-state index contributed by atoms with van der Waals surface area (Å²) < 4.78 is 32.8.